The Kier molecular flexibility index (Phi) is 1.73. The van der Waals surface area contributed by atoms with Crippen LogP contribution in [0.15, 0.2) is 24.3 Å². The van der Waals surface area contributed by atoms with Crippen molar-refractivity contribution in [1.82, 2.24) is 0 Å². The molecule has 0 bridgehead atoms. The van der Waals surface area contributed by atoms with Crippen molar-refractivity contribution in [2.75, 3.05) is 0 Å². The van der Waals surface area contributed by atoms with Crippen molar-refractivity contribution >= 4 is 0 Å². The molecule has 2 rings (SSSR count). The zero-order chi connectivity index (χ0) is 8.55. The maximum Gasteiger partial charge on any atom is 0.200 e. The van der Waals surface area contributed by atoms with Gasteiger partial charge in [0.05, 0.1) is 0 Å². The lowest BCUT2D eigenvalue weighted by Gasteiger charge is -2.24. The Morgan fingerprint density at radius 3 is 3.00 bits per heavy atom. The summed E-state index contributed by atoms with van der Waals surface area (Å²) in [4.78, 5) is 0. The number of hydrogen-bond acceptors (Lipinski definition) is 2. The molecule has 1 N–H and O–H groups in total. The van der Waals surface area contributed by atoms with Gasteiger partial charge in [-0.2, -0.15) is 0 Å². The standard InChI is InChI=1S/C9H9FO2/c10-7-5-9(11)12-8-4-2-1-3-6(7)8/h1-4,7,9,11H,5H2. The van der Waals surface area contributed by atoms with Crippen LogP contribution in [0.5, 0.6) is 5.75 Å². The largest absolute Gasteiger partial charge is 0.465 e. The number of para-hydroxylation sites is 1. The molecule has 2 nitrogen and oxygen atoms in total. The number of rotatable bonds is 0. The summed E-state index contributed by atoms with van der Waals surface area (Å²) in [5, 5.41) is 9.06. The lowest BCUT2D eigenvalue weighted by molar-refractivity contribution is -0.0528. The van der Waals surface area contributed by atoms with Crippen LogP contribution < -0.4 is 4.74 Å². The number of ether oxygens (including phenoxy) is 1. The minimum absolute atomic E-state index is 0.0248. The van der Waals surface area contributed by atoms with Crippen LogP contribution in [0.4, 0.5) is 4.39 Å². The summed E-state index contributed by atoms with van der Waals surface area (Å²) < 4.78 is 18.2. The van der Waals surface area contributed by atoms with E-state index in [0.29, 0.717) is 11.3 Å². The average molecular weight is 168 g/mol. The molecule has 12 heavy (non-hydrogen) atoms. The molecule has 0 spiro atoms. The Balaban J connectivity index is 2.40. The van der Waals surface area contributed by atoms with E-state index in [1.807, 2.05) is 0 Å². The SMILES string of the molecule is OC1CC(F)c2ccccc2O1. The van der Waals surface area contributed by atoms with Gasteiger partial charge in [0.15, 0.2) is 0 Å². The van der Waals surface area contributed by atoms with Crippen molar-refractivity contribution in [1.29, 1.82) is 0 Å². The summed E-state index contributed by atoms with van der Waals surface area (Å²) in [7, 11) is 0. The lowest BCUT2D eigenvalue weighted by atomic mass is 10.0. The minimum atomic E-state index is -1.11. The smallest absolute Gasteiger partial charge is 0.200 e. The maximum absolute atomic E-state index is 13.2. The molecule has 64 valence electrons. The summed E-state index contributed by atoms with van der Waals surface area (Å²) in [6, 6.07) is 6.84. The molecule has 3 heteroatoms. The minimum Gasteiger partial charge on any atom is -0.465 e. The Labute approximate surface area is 69.6 Å². The Morgan fingerprint density at radius 1 is 1.42 bits per heavy atom. The van der Waals surface area contributed by atoms with Crippen LogP contribution in [0.25, 0.3) is 0 Å². The van der Waals surface area contributed by atoms with Crippen molar-refractivity contribution in [3.05, 3.63) is 29.8 Å². The Hall–Kier alpha value is -1.09. The summed E-state index contributed by atoms with van der Waals surface area (Å²) in [5.41, 5.74) is 0.530. The molecule has 2 atom stereocenters. The number of benzene rings is 1. The second-order valence-corrected chi connectivity index (χ2v) is 2.81. The first-order valence-corrected chi connectivity index (χ1v) is 3.85. The summed E-state index contributed by atoms with van der Waals surface area (Å²) in [6.45, 7) is 0. The van der Waals surface area contributed by atoms with Crippen LogP contribution in [-0.2, 0) is 0 Å². The van der Waals surface area contributed by atoms with Crippen LogP contribution in [-0.4, -0.2) is 11.4 Å². The topological polar surface area (TPSA) is 29.5 Å². The molecule has 2 unspecified atom stereocenters. The highest BCUT2D eigenvalue weighted by Crippen LogP contribution is 2.35. The molecule has 0 saturated carbocycles. The molecular formula is C9H9FO2. The van der Waals surface area contributed by atoms with Crippen LogP contribution in [0, 0.1) is 0 Å². The molecule has 1 aromatic rings. The molecule has 1 aliphatic heterocycles. The lowest BCUT2D eigenvalue weighted by Crippen LogP contribution is -2.23. The highest BCUT2D eigenvalue weighted by molar-refractivity contribution is 5.36. The molecule has 1 heterocycles. The normalized spacial score (nSPS) is 27.5. The van der Waals surface area contributed by atoms with E-state index in [1.54, 1.807) is 24.3 Å². The quantitative estimate of drug-likeness (QED) is 0.640. The van der Waals surface area contributed by atoms with Gasteiger partial charge in [-0.1, -0.05) is 18.2 Å². The second-order valence-electron chi connectivity index (χ2n) is 2.81. The first-order valence-electron chi connectivity index (χ1n) is 3.85. The van der Waals surface area contributed by atoms with E-state index in [-0.39, 0.29) is 6.42 Å². The molecular weight excluding hydrogens is 159 g/mol. The van der Waals surface area contributed by atoms with Gasteiger partial charge in [-0.25, -0.2) is 4.39 Å². The molecule has 1 aliphatic rings. The average Bonchev–Trinajstić information content (AvgIpc) is 2.04. The van der Waals surface area contributed by atoms with Gasteiger partial charge in [0.1, 0.15) is 11.9 Å². The van der Waals surface area contributed by atoms with Crippen molar-refractivity contribution in [2.24, 2.45) is 0 Å². The second kappa shape index (κ2) is 2.75. The molecule has 0 aromatic heterocycles. The number of hydrogen-bond donors (Lipinski definition) is 1. The molecule has 0 fully saturated rings. The summed E-state index contributed by atoms with van der Waals surface area (Å²) >= 11 is 0. The fraction of sp³-hybridized carbons (Fsp3) is 0.333. The number of fused-ring (bicyclic) bond motifs is 1. The fourth-order valence-electron chi connectivity index (χ4n) is 1.35. The zero-order valence-corrected chi connectivity index (χ0v) is 6.40. The molecule has 0 aliphatic carbocycles. The third-order valence-corrected chi connectivity index (χ3v) is 1.93. The first kappa shape index (κ1) is 7.55. The number of halogens is 1. The van der Waals surface area contributed by atoms with E-state index in [4.69, 9.17) is 9.84 Å². The highest BCUT2D eigenvalue weighted by Gasteiger charge is 2.25. The van der Waals surface area contributed by atoms with Gasteiger partial charge >= 0.3 is 0 Å². The summed E-state index contributed by atoms with van der Waals surface area (Å²) in [6.07, 6.45) is -2.09. The van der Waals surface area contributed by atoms with Gasteiger partial charge in [-0.3, -0.25) is 0 Å². The Bertz CT molecular complexity index is 288. The van der Waals surface area contributed by atoms with Gasteiger partial charge in [-0.05, 0) is 6.07 Å². The van der Waals surface area contributed by atoms with Gasteiger partial charge in [0.25, 0.3) is 0 Å². The first-order chi connectivity index (χ1) is 5.77. The maximum atomic E-state index is 13.2. The fourth-order valence-corrected chi connectivity index (χ4v) is 1.35. The van der Waals surface area contributed by atoms with Gasteiger partial charge < -0.3 is 9.84 Å². The monoisotopic (exact) mass is 168 g/mol. The summed E-state index contributed by atoms with van der Waals surface area (Å²) in [5.74, 6) is 0.448. The van der Waals surface area contributed by atoms with Crippen molar-refractivity contribution in [3.8, 4) is 5.75 Å². The van der Waals surface area contributed by atoms with E-state index in [9.17, 15) is 4.39 Å². The van der Waals surface area contributed by atoms with Crippen molar-refractivity contribution < 1.29 is 14.2 Å². The Morgan fingerprint density at radius 2 is 2.17 bits per heavy atom. The van der Waals surface area contributed by atoms with Gasteiger partial charge in [0, 0.05) is 12.0 Å². The van der Waals surface area contributed by atoms with E-state index in [0.717, 1.165) is 0 Å². The predicted molar refractivity (Wildman–Crippen MR) is 41.5 cm³/mol. The molecule has 0 amide bonds. The highest BCUT2D eigenvalue weighted by atomic mass is 19.1. The molecule has 0 radical (unpaired) electrons. The zero-order valence-electron chi connectivity index (χ0n) is 6.40. The molecule has 0 saturated heterocycles. The van der Waals surface area contributed by atoms with Crippen molar-refractivity contribution in [3.63, 3.8) is 0 Å². The van der Waals surface area contributed by atoms with Gasteiger partial charge in [0.2, 0.25) is 6.29 Å². The van der Waals surface area contributed by atoms with Gasteiger partial charge in [-0.15, -0.1) is 0 Å². The van der Waals surface area contributed by atoms with E-state index in [2.05, 4.69) is 0 Å². The van der Waals surface area contributed by atoms with Crippen molar-refractivity contribution in [2.45, 2.75) is 18.9 Å². The number of aliphatic hydroxyl groups is 1. The van der Waals surface area contributed by atoms with E-state index in [1.165, 1.54) is 0 Å². The number of alkyl halides is 1. The molecule has 1 aromatic carbocycles. The third-order valence-electron chi connectivity index (χ3n) is 1.93. The predicted octanol–water partition coefficient (Wildman–Crippen LogP) is 1.80. The number of aliphatic hydroxyl groups excluding tert-OH is 1. The van der Waals surface area contributed by atoms with E-state index < -0.39 is 12.5 Å². The van der Waals surface area contributed by atoms with E-state index >= 15 is 0 Å². The van der Waals surface area contributed by atoms with Crippen LogP contribution in [0.3, 0.4) is 0 Å². The van der Waals surface area contributed by atoms with Crippen LogP contribution >= 0.6 is 0 Å². The van der Waals surface area contributed by atoms with Crippen LogP contribution in [0.2, 0.25) is 0 Å². The van der Waals surface area contributed by atoms with Crippen LogP contribution in [0.1, 0.15) is 18.2 Å². The third kappa shape index (κ3) is 1.16.